The first-order valence-electron chi connectivity index (χ1n) is 5.48. The molecule has 1 aliphatic heterocycles. The van der Waals surface area contributed by atoms with Gasteiger partial charge in [0.25, 0.3) is 0 Å². The predicted octanol–water partition coefficient (Wildman–Crippen LogP) is 0.00650. The first-order chi connectivity index (χ1) is 7.65. The molecule has 92 valence electrons. The van der Waals surface area contributed by atoms with Gasteiger partial charge in [-0.3, -0.25) is 0 Å². The Morgan fingerprint density at radius 1 is 1.50 bits per heavy atom. The van der Waals surface area contributed by atoms with Crippen LogP contribution in [0.4, 0.5) is 0 Å². The minimum absolute atomic E-state index is 0.103. The molecule has 0 aromatic heterocycles. The number of cyclic esters (lactones) is 1. The number of unbranched alkanes of at least 4 members (excludes halogenated alkanes) is 1. The summed E-state index contributed by atoms with van der Waals surface area (Å²) in [6.45, 7) is 2.70. The van der Waals surface area contributed by atoms with Crippen molar-refractivity contribution in [1.82, 2.24) is 0 Å². The van der Waals surface area contributed by atoms with Crippen molar-refractivity contribution in [3.05, 3.63) is 12.2 Å². The number of aliphatic hydroxyl groups excluding tert-OH is 2. The third kappa shape index (κ3) is 3.92. The molecule has 2 N–H and O–H groups in total. The minimum Gasteiger partial charge on any atom is -0.454 e. The van der Waals surface area contributed by atoms with E-state index in [0.29, 0.717) is 6.61 Å². The van der Waals surface area contributed by atoms with Crippen molar-refractivity contribution < 1.29 is 24.5 Å². The van der Waals surface area contributed by atoms with Gasteiger partial charge in [-0.25, -0.2) is 4.79 Å². The topological polar surface area (TPSA) is 76.0 Å². The first kappa shape index (κ1) is 13.2. The van der Waals surface area contributed by atoms with E-state index in [1.54, 1.807) is 0 Å². The molecule has 0 bridgehead atoms. The van der Waals surface area contributed by atoms with E-state index in [2.05, 4.69) is 0 Å². The van der Waals surface area contributed by atoms with Gasteiger partial charge in [0.15, 0.2) is 6.10 Å². The van der Waals surface area contributed by atoms with Crippen LogP contribution in [0, 0.1) is 0 Å². The van der Waals surface area contributed by atoms with E-state index in [1.807, 2.05) is 6.92 Å². The minimum atomic E-state index is -1.13. The van der Waals surface area contributed by atoms with Crippen LogP contribution in [-0.2, 0) is 14.3 Å². The summed E-state index contributed by atoms with van der Waals surface area (Å²) in [6, 6.07) is 0. The summed E-state index contributed by atoms with van der Waals surface area (Å²) in [6.07, 6.45) is 1.22. The molecule has 0 amide bonds. The zero-order valence-electron chi connectivity index (χ0n) is 9.33. The molecule has 0 saturated carbocycles. The van der Waals surface area contributed by atoms with Crippen LogP contribution >= 0.6 is 0 Å². The molecule has 1 heterocycles. The standard InChI is InChI=1S/C11H18O5/c1-2-3-6-15-7-9-11(14)8(12)4-5-10(13)16-9/h4-5,8-9,11-12,14H,2-3,6-7H2,1H3/t8-,9+,11-/m0/s1. The molecule has 1 rings (SSSR count). The zero-order valence-corrected chi connectivity index (χ0v) is 9.33. The molecule has 0 radical (unpaired) electrons. The molecule has 0 unspecified atom stereocenters. The second kappa shape index (κ2) is 6.62. The largest absolute Gasteiger partial charge is 0.454 e. The van der Waals surface area contributed by atoms with Gasteiger partial charge in [0.2, 0.25) is 0 Å². The molecule has 0 aromatic carbocycles. The number of esters is 1. The molecule has 0 aliphatic carbocycles. The smallest absolute Gasteiger partial charge is 0.330 e. The number of carbonyl (C=O) groups is 1. The Morgan fingerprint density at radius 2 is 2.25 bits per heavy atom. The lowest BCUT2D eigenvalue weighted by Crippen LogP contribution is -2.40. The van der Waals surface area contributed by atoms with Crippen LogP contribution in [0.5, 0.6) is 0 Å². The van der Waals surface area contributed by atoms with E-state index < -0.39 is 24.3 Å². The number of carbonyl (C=O) groups excluding carboxylic acids is 1. The average Bonchev–Trinajstić information content (AvgIpc) is 2.39. The molecule has 5 nitrogen and oxygen atoms in total. The molecule has 1 aliphatic rings. The SMILES string of the molecule is CCCCOC[C@H]1OC(=O)C=C[C@H](O)[C@@H]1O. The van der Waals surface area contributed by atoms with E-state index in [9.17, 15) is 15.0 Å². The van der Waals surface area contributed by atoms with Gasteiger partial charge in [0, 0.05) is 12.7 Å². The zero-order chi connectivity index (χ0) is 12.0. The molecule has 5 heteroatoms. The van der Waals surface area contributed by atoms with Gasteiger partial charge >= 0.3 is 5.97 Å². The first-order valence-corrected chi connectivity index (χ1v) is 5.48. The lowest BCUT2D eigenvalue weighted by atomic mass is 10.1. The monoisotopic (exact) mass is 230 g/mol. The van der Waals surface area contributed by atoms with Gasteiger partial charge in [-0.2, -0.15) is 0 Å². The fourth-order valence-corrected chi connectivity index (χ4v) is 1.35. The third-order valence-electron chi connectivity index (χ3n) is 2.35. The summed E-state index contributed by atoms with van der Waals surface area (Å²) in [7, 11) is 0. The number of ether oxygens (including phenoxy) is 2. The Hall–Kier alpha value is -0.910. The average molecular weight is 230 g/mol. The molecule has 0 spiro atoms. The third-order valence-corrected chi connectivity index (χ3v) is 2.35. The van der Waals surface area contributed by atoms with Crippen LogP contribution in [0.25, 0.3) is 0 Å². The molecule has 0 aromatic rings. The molecule has 0 saturated heterocycles. The van der Waals surface area contributed by atoms with Crippen molar-refractivity contribution >= 4 is 5.97 Å². The van der Waals surface area contributed by atoms with Crippen molar-refractivity contribution in [2.45, 2.75) is 38.1 Å². The number of hydrogen-bond donors (Lipinski definition) is 2. The molecule has 3 atom stereocenters. The van der Waals surface area contributed by atoms with Crippen LogP contribution < -0.4 is 0 Å². The van der Waals surface area contributed by atoms with Crippen LogP contribution in [0.15, 0.2) is 12.2 Å². The summed E-state index contributed by atoms with van der Waals surface area (Å²) in [5.41, 5.74) is 0. The van der Waals surface area contributed by atoms with Crippen LogP contribution in [0.2, 0.25) is 0 Å². The summed E-state index contributed by atoms with van der Waals surface area (Å²) in [4.78, 5) is 11.1. The van der Waals surface area contributed by atoms with Crippen molar-refractivity contribution in [3.8, 4) is 0 Å². The Kier molecular flexibility index (Phi) is 5.45. The highest BCUT2D eigenvalue weighted by Gasteiger charge is 2.30. The van der Waals surface area contributed by atoms with Crippen LogP contribution in [0.1, 0.15) is 19.8 Å². The van der Waals surface area contributed by atoms with Gasteiger partial charge in [-0.15, -0.1) is 0 Å². The van der Waals surface area contributed by atoms with Gasteiger partial charge in [0.1, 0.15) is 12.2 Å². The summed E-state index contributed by atoms with van der Waals surface area (Å²) >= 11 is 0. The van der Waals surface area contributed by atoms with Crippen molar-refractivity contribution in [1.29, 1.82) is 0 Å². The lowest BCUT2D eigenvalue weighted by Gasteiger charge is -2.22. The number of aliphatic hydroxyl groups is 2. The van der Waals surface area contributed by atoms with E-state index >= 15 is 0 Å². The Bertz CT molecular complexity index is 251. The van der Waals surface area contributed by atoms with Gasteiger partial charge in [0.05, 0.1) is 6.61 Å². The van der Waals surface area contributed by atoms with Crippen molar-refractivity contribution in [2.24, 2.45) is 0 Å². The summed E-state index contributed by atoms with van der Waals surface area (Å²) in [5, 5.41) is 19.1. The van der Waals surface area contributed by atoms with E-state index in [0.717, 1.165) is 18.9 Å². The van der Waals surface area contributed by atoms with E-state index in [1.165, 1.54) is 6.08 Å². The van der Waals surface area contributed by atoms with Crippen molar-refractivity contribution in [2.75, 3.05) is 13.2 Å². The Morgan fingerprint density at radius 3 is 2.94 bits per heavy atom. The fourth-order valence-electron chi connectivity index (χ4n) is 1.35. The second-order valence-corrected chi connectivity index (χ2v) is 3.74. The second-order valence-electron chi connectivity index (χ2n) is 3.74. The number of rotatable bonds is 5. The molecule has 0 fully saturated rings. The Labute approximate surface area is 94.7 Å². The van der Waals surface area contributed by atoms with E-state index in [-0.39, 0.29) is 6.61 Å². The predicted molar refractivity (Wildman–Crippen MR) is 56.8 cm³/mol. The number of hydrogen-bond acceptors (Lipinski definition) is 5. The highest BCUT2D eigenvalue weighted by atomic mass is 16.6. The van der Waals surface area contributed by atoms with Gasteiger partial charge < -0.3 is 19.7 Å². The van der Waals surface area contributed by atoms with Crippen molar-refractivity contribution in [3.63, 3.8) is 0 Å². The van der Waals surface area contributed by atoms with E-state index in [4.69, 9.17) is 9.47 Å². The maximum atomic E-state index is 11.1. The Balaban J connectivity index is 2.41. The highest BCUT2D eigenvalue weighted by Crippen LogP contribution is 2.11. The quantitative estimate of drug-likeness (QED) is 0.514. The van der Waals surface area contributed by atoms with Crippen LogP contribution in [0.3, 0.4) is 0 Å². The normalized spacial score (nSPS) is 29.9. The summed E-state index contributed by atoms with van der Waals surface area (Å²) in [5.74, 6) is -0.570. The summed E-state index contributed by atoms with van der Waals surface area (Å²) < 4.78 is 10.2. The maximum Gasteiger partial charge on any atom is 0.330 e. The highest BCUT2D eigenvalue weighted by molar-refractivity contribution is 5.82. The van der Waals surface area contributed by atoms with Crippen LogP contribution in [-0.4, -0.2) is 47.7 Å². The molecule has 16 heavy (non-hydrogen) atoms. The fraction of sp³-hybridized carbons (Fsp3) is 0.727. The lowest BCUT2D eigenvalue weighted by molar-refractivity contribution is -0.156. The van der Waals surface area contributed by atoms with Gasteiger partial charge in [-0.1, -0.05) is 13.3 Å². The maximum absolute atomic E-state index is 11.1. The molecular weight excluding hydrogens is 212 g/mol. The molecular formula is C11H18O5. The van der Waals surface area contributed by atoms with Gasteiger partial charge in [-0.05, 0) is 12.5 Å².